The van der Waals surface area contributed by atoms with Crippen LogP contribution in [-0.4, -0.2) is 11.1 Å². The number of hydrogen-bond acceptors (Lipinski definition) is 2. The topological polar surface area (TPSA) is 46.2 Å². The van der Waals surface area contributed by atoms with Gasteiger partial charge < -0.3 is 10.8 Å². The maximum Gasteiger partial charge on any atom is 0.105 e. The number of aliphatic hydroxyl groups excluding tert-OH is 1. The quantitative estimate of drug-likeness (QED) is 0.531. The monoisotopic (exact) mass is 115 g/mol. The molecule has 0 bridgehead atoms. The molecule has 0 saturated carbocycles. The zero-order valence-electron chi connectivity index (χ0n) is 5.39. The van der Waals surface area contributed by atoms with Gasteiger partial charge in [-0.25, -0.2) is 0 Å². The Bertz CT molecular complexity index is 88.5. The zero-order chi connectivity index (χ0) is 6.57. The van der Waals surface area contributed by atoms with Crippen LogP contribution in [0.5, 0.6) is 0 Å². The van der Waals surface area contributed by atoms with Crippen molar-refractivity contribution in [3.63, 3.8) is 0 Å². The summed E-state index contributed by atoms with van der Waals surface area (Å²) in [6.45, 7) is 3.70. The van der Waals surface area contributed by atoms with E-state index in [2.05, 4.69) is 0 Å². The predicted octanol–water partition coefficient (Wildman–Crippen LogP) is 1.19. The van der Waals surface area contributed by atoms with E-state index < -0.39 is 0 Å². The number of nitrogens with two attached hydrogens (primary N) is 1. The van der Waals surface area contributed by atoms with Gasteiger partial charge in [0.25, 0.3) is 0 Å². The van der Waals surface area contributed by atoms with E-state index in [1.54, 1.807) is 13.0 Å². The first-order valence-electron chi connectivity index (χ1n) is 2.83. The van der Waals surface area contributed by atoms with Crippen LogP contribution in [0.15, 0.2) is 11.8 Å². The second-order valence-electron chi connectivity index (χ2n) is 1.73. The minimum absolute atomic E-state index is 0.167. The first-order valence-corrected chi connectivity index (χ1v) is 2.83. The summed E-state index contributed by atoms with van der Waals surface area (Å²) in [6.07, 6.45) is 2.41. The Labute approximate surface area is 50.0 Å². The molecular weight excluding hydrogens is 102 g/mol. The molecule has 0 fully saturated rings. The summed E-state index contributed by atoms with van der Waals surface area (Å²) in [6, 6.07) is -0.167. The lowest BCUT2D eigenvalue weighted by Crippen LogP contribution is -2.20. The number of rotatable bonds is 2. The van der Waals surface area contributed by atoms with E-state index in [1.807, 2.05) is 6.92 Å². The summed E-state index contributed by atoms with van der Waals surface area (Å²) in [5.41, 5.74) is 5.41. The van der Waals surface area contributed by atoms with Crippen molar-refractivity contribution in [1.82, 2.24) is 0 Å². The molecule has 8 heavy (non-hydrogen) atoms. The molecule has 0 aliphatic heterocycles. The third kappa shape index (κ3) is 1.98. The standard InChI is InChI=1S/C6H13NO/c1-3-5(7)6(8)4-2/h4-5,8H,3,7H2,1-2H3/b6-4-. The minimum Gasteiger partial charge on any atom is -0.511 e. The molecule has 3 N–H and O–H groups in total. The Kier molecular flexibility index (Phi) is 3.28. The molecule has 0 aliphatic rings. The SMILES string of the molecule is C/C=C(\O)C(N)CC. The van der Waals surface area contributed by atoms with Crippen molar-refractivity contribution in [3.05, 3.63) is 11.8 Å². The molecular formula is C6H13NO. The van der Waals surface area contributed by atoms with Crippen LogP contribution in [0.4, 0.5) is 0 Å². The van der Waals surface area contributed by atoms with Gasteiger partial charge in [0.05, 0.1) is 6.04 Å². The van der Waals surface area contributed by atoms with E-state index in [4.69, 9.17) is 10.8 Å². The van der Waals surface area contributed by atoms with Gasteiger partial charge in [-0.05, 0) is 19.4 Å². The molecule has 0 amide bonds. The lowest BCUT2D eigenvalue weighted by Gasteiger charge is -2.04. The molecule has 0 aromatic heterocycles. The van der Waals surface area contributed by atoms with Crippen molar-refractivity contribution in [2.24, 2.45) is 5.73 Å². The van der Waals surface area contributed by atoms with Crippen LogP contribution >= 0.6 is 0 Å². The Hall–Kier alpha value is -0.500. The highest BCUT2D eigenvalue weighted by atomic mass is 16.3. The third-order valence-corrected chi connectivity index (χ3v) is 1.12. The Morgan fingerprint density at radius 3 is 2.50 bits per heavy atom. The van der Waals surface area contributed by atoms with Crippen LogP contribution in [0.2, 0.25) is 0 Å². The highest BCUT2D eigenvalue weighted by Gasteiger charge is 2.00. The first-order chi connectivity index (χ1) is 3.72. The maximum atomic E-state index is 8.86. The van der Waals surface area contributed by atoms with Gasteiger partial charge in [-0.15, -0.1) is 0 Å². The smallest absolute Gasteiger partial charge is 0.105 e. The summed E-state index contributed by atoms with van der Waals surface area (Å²) in [4.78, 5) is 0. The van der Waals surface area contributed by atoms with Crippen LogP contribution < -0.4 is 5.73 Å². The largest absolute Gasteiger partial charge is 0.511 e. The molecule has 2 nitrogen and oxygen atoms in total. The fraction of sp³-hybridized carbons (Fsp3) is 0.667. The average molecular weight is 115 g/mol. The lowest BCUT2D eigenvalue weighted by atomic mass is 10.2. The van der Waals surface area contributed by atoms with E-state index in [1.165, 1.54) is 0 Å². The van der Waals surface area contributed by atoms with Crippen molar-refractivity contribution in [2.75, 3.05) is 0 Å². The van der Waals surface area contributed by atoms with Crippen molar-refractivity contribution < 1.29 is 5.11 Å². The van der Waals surface area contributed by atoms with E-state index in [9.17, 15) is 0 Å². The second kappa shape index (κ2) is 3.50. The van der Waals surface area contributed by atoms with Gasteiger partial charge in [0.2, 0.25) is 0 Å². The molecule has 48 valence electrons. The summed E-state index contributed by atoms with van der Waals surface area (Å²) < 4.78 is 0. The molecule has 0 aliphatic carbocycles. The zero-order valence-corrected chi connectivity index (χ0v) is 5.39. The molecule has 1 unspecified atom stereocenters. The third-order valence-electron chi connectivity index (χ3n) is 1.12. The Morgan fingerprint density at radius 1 is 1.88 bits per heavy atom. The molecule has 0 rings (SSSR count). The van der Waals surface area contributed by atoms with Crippen molar-refractivity contribution in [3.8, 4) is 0 Å². The number of allylic oxidation sites excluding steroid dienone is 1. The van der Waals surface area contributed by atoms with Crippen LogP contribution in [-0.2, 0) is 0 Å². The molecule has 0 radical (unpaired) electrons. The predicted molar refractivity (Wildman–Crippen MR) is 34.7 cm³/mol. The highest BCUT2D eigenvalue weighted by molar-refractivity contribution is 4.97. The fourth-order valence-corrected chi connectivity index (χ4v) is 0.423. The van der Waals surface area contributed by atoms with Crippen molar-refractivity contribution in [2.45, 2.75) is 26.3 Å². The van der Waals surface area contributed by atoms with Gasteiger partial charge in [-0.1, -0.05) is 6.92 Å². The number of aliphatic hydroxyl groups is 1. The van der Waals surface area contributed by atoms with Gasteiger partial charge in [0, 0.05) is 0 Å². The summed E-state index contributed by atoms with van der Waals surface area (Å²) >= 11 is 0. The molecule has 1 atom stereocenters. The van der Waals surface area contributed by atoms with Crippen LogP contribution in [0.1, 0.15) is 20.3 Å². The summed E-state index contributed by atoms with van der Waals surface area (Å²) in [5.74, 6) is 0.285. The van der Waals surface area contributed by atoms with Gasteiger partial charge in [-0.2, -0.15) is 0 Å². The van der Waals surface area contributed by atoms with Crippen molar-refractivity contribution in [1.29, 1.82) is 0 Å². The molecule has 0 heterocycles. The summed E-state index contributed by atoms with van der Waals surface area (Å²) in [7, 11) is 0. The summed E-state index contributed by atoms with van der Waals surface area (Å²) in [5, 5.41) is 8.86. The minimum atomic E-state index is -0.167. The molecule has 0 saturated heterocycles. The molecule has 0 aromatic rings. The normalized spacial score (nSPS) is 16.1. The van der Waals surface area contributed by atoms with Gasteiger partial charge in [0.15, 0.2) is 0 Å². The molecule has 0 aromatic carbocycles. The Balaban J connectivity index is 3.63. The van der Waals surface area contributed by atoms with Crippen LogP contribution in [0, 0.1) is 0 Å². The Morgan fingerprint density at radius 2 is 2.38 bits per heavy atom. The number of hydrogen-bond donors (Lipinski definition) is 2. The van der Waals surface area contributed by atoms with E-state index in [-0.39, 0.29) is 11.8 Å². The first kappa shape index (κ1) is 7.50. The van der Waals surface area contributed by atoms with E-state index >= 15 is 0 Å². The van der Waals surface area contributed by atoms with Gasteiger partial charge in [0.1, 0.15) is 5.76 Å². The molecule has 0 spiro atoms. The van der Waals surface area contributed by atoms with Gasteiger partial charge >= 0.3 is 0 Å². The van der Waals surface area contributed by atoms with Crippen LogP contribution in [0.3, 0.4) is 0 Å². The van der Waals surface area contributed by atoms with E-state index in [0.29, 0.717) is 0 Å². The van der Waals surface area contributed by atoms with Gasteiger partial charge in [-0.3, -0.25) is 0 Å². The van der Waals surface area contributed by atoms with Crippen LogP contribution in [0.25, 0.3) is 0 Å². The van der Waals surface area contributed by atoms with E-state index in [0.717, 1.165) is 6.42 Å². The highest BCUT2D eigenvalue weighted by Crippen LogP contribution is 1.96. The second-order valence-corrected chi connectivity index (χ2v) is 1.73. The molecule has 2 heteroatoms. The fourth-order valence-electron chi connectivity index (χ4n) is 0.423. The lowest BCUT2D eigenvalue weighted by molar-refractivity contribution is 0.362. The van der Waals surface area contributed by atoms with Crippen molar-refractivity contribution >= 4 is 0 Å². The maximum absolute atomic E-state index is 8.86. The average Bonchev–Trinajstić information content (AvgIpc) is 1.84.